The molecule has 0 bridgehead atoms. The summed E-state index contributed by atoms with van der Waals surface area (Å²) >= 11 is 0. The molecule has 2 rings (SSSR count). The van der Waals surface area contributed by atoms with Crippen LogP contribution in [0.5, 0.6) is 0 Å². The summed E-state index contributed by atoms with van der Waals surface area (Å²) in [5.74, 6) is -2.06. The Balaban J connectivity index is 2.50. The van der Waals surface area contributed by atoms with Gasteiger partial charge in [0, 0.05) is 26.2 Å². The molecule has 2 aromatic carbocycles. The molecule has 8 nitrogen and oxygen atoms in total. The lowest BCUT2D eigenvalue weighted by molar-refractivity contribution is -0.141. The molecule has 0 radical (unpaired) electrons. The number of nitrogens with one attached hydrogen (secondary N) is 1. The molecule has 2 aromatic rings. The zero-order valence-electron chi connectivity index (χ0n) is 21.5. The summed E-state index contributed by atoms with van der Waals surface area (Å²) in [5, 5.41) is 2.87. The molecule has 198 valence electrons. The number of hydrogen-bond donors (Lipinski definition) is 1. The molecule has 0 aromatic heterocycles. The van der Waals surface area contributed by atoms with Gasteiger partial charge in [0.15, 0.2) is 0 Å². The maximum absolute atomic E-state index is 13.7. The molecule has 0 aliphatic carbocycles. The van der Waals surface area contributed by atoms with Crippen LogP contribution in [0.1, 0.15) is 39.7 Å². The number of carbonyl (C=O) groups excluding carboxylic acids is 2. The Morgan fingerprint density at radius 2 is 1.44 bits per heavy atom. The number of amides is 2. The Hall–Kier alpha value is -3.05. The number of rotatable bonds is 10. The molecule has 0 saturated carbocycles. The molecule has 0 saturated heterocycles. The predicted octanol–water partition coefficient (Wildman–Crippen LogP) is 3.30. The fraction of sp³-hybridized carbons (Fsp3) is 0.440. The molecular formula is C25H34F2N4O4S. The second-order valence-corrected chi connectivity index (χ2v) is 11.7. The van der Waals surface area contributed by atoms with Crippen LogP contribution in [0.15, 0.2) is 48.5 Å². The number of hydrogen-bond acceptors (Lipinski definition) is 4. The number of carbonyl (C=O) groups is 2. The van der Waals surface area contributed by atoms with Crippen molar-refractivity contribution in [3.05, 3.63) is 65.7 Å². The highest BCUT2D eigenvalue weighted by atomic mass is 32.2. The Morgan fingerprint density at radius 1 is 0.944 bits per heavy atom. The van der Waals surface area contributed by atoms with Gasteiger partial charge in [0.1, 0.15) is 24.2 Å². The minimum atomic E-state index is -4.15. The molecule has 0 aliphatic heterocycles. The van der Waals surface area contributed by atoms with Crippen molar-refractivity contribution in [3.8, 4) is 0 Å². The third-order valence-electron chi connectivity index (χ3n) is 5.28. The summed E-state index contributed by atoms with van der Waals surface area (Å²) in [5.41, 5.74) is 0.0895. The average Bonchev–Trinajstić information content (AvgIpc) is 2.77. The fourth-order valence-corrected chi connectivity index (χ4v) is 4.54. The maximum Gasteiger partial charge on any atom is 0.304 e. The smallest absolute Gasteiger partial charge is 0.304 e. The number of halogens is 2. The van der Waals surface area contributed by atoms with Crippen molar-refractivity contribution in [1.29, 1.82) is 0 Å². The largest absolute Gasteiger partial charge is 0.350 e. The summed E-state index contributed by atoms with van der Waals surface area (Å²) < 4.78 is 55.0. The highest BCUT2D eigenvalue weighted by Gasteiger charge is 2.34. The monoisotopic (exact) mass is 524 g/mol. The molecule has 11 heteroatoms. The number of anilines is 1. The van der Waals surface area contributed by atoms with Gasteiger partial charge in [0.05, 0.1) is 5.69 Å². The number of benzene rings is 2. The molecule has 2 amide bonds. The van der Waals surface area contributed by atoms with Gasteiger partial charge in [-0.05, 0) is 69.2 Å². The highest BCUT2D eigenvalue weighted by molar-refractivity contribution is 7.90. The van der Waals surface area contributed by atoms with Gasteiger partial charge in [-0.3, -0.25) is 9.59 Å². The van der Waals surface area contributed by atoms with Gasteiger partial charge in [0.2, 0.25) is 11.8 Å². The standard InChI is InChI=1S/C25H34F2N4O4S/c1-7-22(24(33)28-25(2,3)4)30(16-18-8-10-19(26)11-9-18)23(32)17-31(36(34,35)29(5)6)21-14-12-20(27)13-15-21/h8-15,22H,7,16-17H2,1-6H3,(H,28,33)/t22-/m0/s1. The molecule has 0 aliphatic rings. The van der Waals surface area contributed by atoms with Crippen molar-refractivity contribution in [2.45, 2.75) is 52.2 Å². The lowest BCUT2D eigenvalue weighted by Crippen LogP contribution is -2.55. The second kappa shape index (κ2) is 11.8. The summed E-state index contributed by atoms with van der Waals surface area (Å²) in [6.07, 6.45) is 0.256. The van der Waals surface area contributed by atoms with Crippen LogP contribution in [-0.4, -0.2) is 61.7 Å². The minimum Gasteiger partial charge on any atom is -0.350 e. The molecule has 0 unspecified atom stereocenters. The highest BCUT2D eigenvalue weighted by Crippen LogP contribution is 2.22. The van der Waals surface area contributed by atoms with E-state index in [-0.39, 0.29) is 18.7 Å². The summed E-state index contributed by atoms with van der Waals surface area (Å²) in [4.78, 5) is 28.1. The molecule has 1 atom stereocenters. The molecular weight excluding hydrogens is 490 g/mol. The van der Waals surface area contributed by atoms with Crippen LogP contribution in [0.3, 0.4) is 0 Å². The van der Waals surface area contributed by atoms with Crippen molar-refractivity contribution in [3.63, 3.8) is 0 Å². The Morgan fingerprint density at radius 3 is 1.89 bits per heavy atom. The van der Waals surface area contributed by atoms with E-state index >= 15 is 0 Å². The van der Waals surface area contributed by atoms with Gasteiger partial charge in [-0.1, -0.05) is 19.1 Å². The van der Waals surface area contributed by atoms with Crippen LogP contribution in [0.2, 0.25) is 0 Å². The van der Waals surface area contributed by atoms with E-state index in [4.69, 9.17) is 0 Å². The Bertz CT molecular complexity index is 1150. The van der Waals surface area contributed by atoms with Crippen molar-refractivity contribution < 1.29 is 26.8 Å². The summed E-state index contributed by atoms with van der Waals surface area (Å²) in [6, 6.07) is 9.29. The van der Waals surface area contributed by atoms with Gasteiger partial charge >= 0.3 is 10.2 Å². The molecule has 0 heterocycles. The van der Waals surface area contributed by atoms with Crippen LogP contribution in [0.25, 0.3) is 0 Å². The van der Waals surface area contributed by atoms with Crippen LogP contribution in [-0.2, 0) is 26.3 Å². The zero-order chi connectivity index (χ0) is 27.3. The van der Waals surface area contributed by atoms with E-state index in [0.29, 0.717) is 5.56 Å². The van der Waals surface area contributed by atoms with Gasteiger partial charge in [-0.15, -0.1) is 0 Å². The third kappa shape index (κ3) is 7.72. The van der Waals surface area contributed by atoms with Crippen LogP contribution < -0.4 is 9.62 Å². The first-order valence-electron chi connectivity index (χ1n) is 11.5. The second-order valence-electron chi connectivity index (χ2n) is 9.58. The summed E-state index contributed by atoms with van der Waals surface area (Å²) in [6.45, 7) is 6.49. The van der Waals surface area contributed by atoms with E-state index in [2.05, 4.69) is 5.32 Å². The van der Waals surface area contributed by atoms with Gasteiger partial charge in [-0.25, -0.2) is 13.1 Å². The maximum atomic E-state index is 13.7. The first-order valence-corrected chi connectivity index (χ1v) is 12.9. The van der Waals surface area contributed by atoms with Gasteiger partial charge in [0.25, 0.3) is 0 Å². The van der Waals surface area contributed by atoms with Crippen molar-refractivity contribution >= 4 is 27.7 Å². The molecule has 1 N–H and O–H groups in total. The van der Waals surface area contributed by atoms with E-state index < -0.39 is 51.8 Å². The first-order chi connectivity index (χ1) is 16.7. The molecule has 0 spiro atoms. The van der Waals surface area contributed by atoms with E-state index in [0.717, 1.165) is 20.7 Å². The molecule has 0 fully saturated rings. The van der Waals surface area contributed by atoms with E-state index in [1.165, 1.54) is 55.4 Å². The quantitative estimate of drug-likeness (QED) is 0.517. The average molecular weight is 525 g/mol. The Kier molecular flexibility index (Phi) is 9.56. The molecule has 36 heavy (non-hydrogen) atoms. The normalized spacial score (nSPS) is 12.8. The van der Waals surface area contributed by atoms with Crippen LogP contribution >= 0.6 is 0 Å². The first kappa shape index (κ1) is 29.2. The van der Waals surface area contributed by atoms with E-state index in [9.17, 15) is 26.8 Å². The minimum absolute atomic E-state index is 0.0472. The SMILES string of the molecule is CC[C@@H](C(=O)NC(C)(C)C)N(Cc1ccc(F)cc1)C(=O)CN(c1ccc(F)cc1)S(=O)(=O)N(C)C. The third-order valence-corrected chi connectivity index (χ3v) is 7.10. The van der Waals surface area contributed by atoms with Crippen LogP contribution in [0, 0.1) is 11.6 Å². The lowest BCUT2D eigenvalue weighted by Gasteiger charge is -2.35. The van der Waals surface area contributed by atoms with Gasteiger partial charge in [-0.2, -0.15) is 12.7 Å². The lowest BCUT2D eigenvalue weighted by atomic mass is 10.1. The van der Waals surface area contributed by atoms with Crippen molar-refractivity contribution in [2.24, 2.45) is 0 Å². The number of nitrogens with zero attached hydrogens (tertiary/aromatic N) is 3. The van der Waals surface area contributed by atoms with Gasteiger partial charge < -0.3 is 10.2 Å². The van der Waals surface area contributed by atoms with Crippen molar-refractivity contribution in [1.82, 2.24) is 14.5 Å². The predicted molar refractivity (Wildman–Crippen MR) is 135 cm³/mol. The van der Waals surface area contributed by atoms with Crippen molar-refractivity contribution in [2.75, 3.05) is 24.9 Å². The van der Waals surface area contributed by atoms with E-state index in [1.807, 2.05) is 20.8 Å². The topological polar surface area (TPSA) is 90.0 Å². The Labute approximate surface area is 212 Å². The fourth-order valence-electron chi connectivity index (χ4n) is 3.48. The summed E-state index contributed by atoms with van der Waals surface area (Å²) in [7, 11) is -1.51. The zero-order valence-corrected chi connectivity index (χ0v) is 22.3. The van der Waals surface area contributed by atoms with Crippen LogP contribution in [0.4, 0.5) is 14.5 Å². The van der Waals surface area contributed by atoms with E-state index in [1.54, 1.807) is 6.92 Å².